The Morgan fingerprint density at radius 1 is 1.11 bits per heavy atom. The fraction of sp³-hybridized carbons (Fsp3) is 0.200. The van der Waals surface area contributed by atoms with Crippen LogP contribution in [-0.2, 0) is 6.42 Å². The van der Waals surface area contributed by atoms with Gasteiger partial charge < -0.3 is 4.74 Å². The van der Waals surface area contributed by atoms with Gasteiger partial charge in [0.05, 0.1) is 7.11 Å². The van der Waals surface area contributed by atoms with Crippen LogP contribution < -0.4 is 4.74 Å². The molecule has 3 heteroatoms. The van der Waals surface area contributed by atoms with Gasteiger partial charge in [0.15, 0.2) is 0 Å². The summed E-state index contributed by atoms with van der Waals surface area (Å²) >= 11 is 2.36. The Morgan fingerprint density at radius 2 is 1.83 bits per heavy atom. The van der Waals surface area contributed by atoms with Crippen LogP contribution in [0, 0.1) is 5.82 Å². The third kappa shape index (κ3) is 3.02. The molecule has 2 aromatic rings. The summed E-state index contributed by atoms with van der Waals surface area (Å²) in [6.45, 7) is 0. The molecule has 0 aliphatic rings. The molecule has 0 atom stereocenters. The molecule has 94 valence electrons. The van der Waals surface area contributed by atoms with Crippen LogP contribution >= 0.6 is 22.6 Å². The van der Waals surface area contributed by atoms with Crippen LogP contribution in [0.15, 0.2) is 42.5 Å². The van der Waals surface area contributed by atoms with E-state index in [-0.39, 0.29) is 5.82 Å². The lowest BCUT2D eigenvalue weighted by molar-refractivity contribution is 0.416. The molecule has 0 saturated carbocycles. The van der Waals surface area contributed by atoms with Gasteiger partial charge in [-0.2, -0.15) is 0 Å². The second-order valence-electron chi connectivity index (χ2n) is 3.98. The van der Waals surface area contributed by atoms with Crippen molar-refractivity contribution >= 4 is 22.6 Å². The number of aryl methyl sites for hydroxylation is 1. The SMILES string of the molecule is COc1cc(CCI)ccc1-c1ccc(F)cc1. The molecule has 0 aliphatic carbocycles. The molecular weight excluding hydrogens is 342 g/mol. The van der Waals surface area contributed by atoms with E-state index in [0.717, 1.165) is 27.7 Å². The zero-order valence-electron chi connectivity index (χ0n) is 10.1. The van der Waals surface area contributed by atoms with E-state index in [1.54, 1.807) is 19.2 Å². The van der Waals surface area contributed by atoms with Gasteiger partial charge in [-0.1, -0.05) is 46.9 Å². The summed E-state index contributed by atoms with van der Waals surface area (Å²) in [4.78, 5) is 0. The van der Waals surface area contributed by atoms with Crippen LogP contribution in [0.2, 0.25) is 0 Å². The molecular formula is C15H14FIO. The molecule has 0 spiro atoms. The minimum Gasteiger partial charge on any atom is -0.496 e. The molecule has 0 saturated heterocycles. The first-order valence-corrected chi connectivity index (χ1v) is 7.26. The zero-order chi connectivity index (χ0) is 13.0. The van der Waals surface area contributed by atoms with Gasteiger partial charge in [0.25, 0.3) is 0 Å². The van der Waals surface area contributed by atoms with Gasteiger partial charge >= 0.3 is 0 Å². The summed E-state index contributed by atoms with van der Waals surface area (Å²) in [5.41, 5.74) is 3.22. The minimum absolute atomic E-state index is 0.223. The number of hydrogen-bond donors (Lipinski definition) is 0. The maximum Gasteiger partial charge on any atom is 0.126 e. The molecule has 2 aromatic carbocycles. The third-order valence-corrected chi connectivity index (χ3v) is 3.34. The Hall–Kier alpha value is -1.10. The Bertz CT molecular complexity index is 523. The Morgan fingerprint density at radius 3 is 2.44 bits per heavy atom. The predicted octanol–water partition coefficient (Wildman–Crippen LogP) is 4.48. The van der Waals surface area contributed by atoms with Crippen LogP contribution in [0.25, 0.3) is 11.1 Å². The van der Waals surface area contributed by atoms with E-state index in [1.165, 1.54) is 17.7 Å². The maximum atomic E-state index is 12.9. The van der Waals surface area contributed by atoms with E-state index >= 15 is 0 Å². The van der Waals surface area contributed by atoms with Crippen molar-refractivity contribution in [1.82, 2.24) is 0 Å². The summed E-state index contributed by atoms with van der Waals surface area (Å²) in [6, 6.07) is 12.7. The Labute approximate surface area is 120 Å². The fourth-order valence-electron chi connectivity index (χ4n) is 1.87. The molecule has 0 unspecified atom stereocenters. The first-order valence-electron chi connectivity index (χ1n) is 5.73. The van der Waals surface area contributed by atoms with Gasteiger partial charge in [-0.25, -0.2) is 4.39 Å². The van der Waals surface area contributed by atoms with Gasteiger partial charge in [0.1, 0.15) is 11.6 Å². The number of benzene rings is 2. The van der Waals surface area contributed by atoms with Crippen LogP contribution in [0.4, 0.5) is 4.39 Å². The number of alkyl halides is 1. The van der Waals surface area contributed by atoms with Gasteiger partial charge in [0, 0.05) is 9.99 Å². The topological polar surface area (TPSA) is 9.23 Å². The summed E-state index contributed by atoms with van der Waals surface area (Å²) in [5, 5.41) is 0. The largest absolute Gasteiger partial charge is 0.496 e. The molecule has 1 nitrogen and oxygen atoms in total. The number of methoxy groups -OCH3 is 1. The molecule has 0 aromatic heterocycles. The molecule has 0 bridgehead atoms. The van der Waals surface area contributed by atoms with Crippen molar-refractivity contribution in [3.63, 3.8) is 0 Å². The molecule has 0 fully saturated rings. The van der Waals surface area contributed by atoms with Crippen molar-refractivity contribution < 1.29 is 9.13 Å². The quantitative estimate of drug-likeness (QED) is 0.580. The fourth-order valence-corrected chi connectivity index (χ4v) is 2.49. The summed E-state index contributed by atoms with van der Waals surface area (Å²) in [6.07, 6.45) is 1.03. The van der Waals surface area contributed by atoms with Crippen molar-refractivity contribution in [1.29, 1.82) is 0 Å². The van der Waals surface area contributed by atoms with E-state index in [2.05, 4.69) is 34.7 Å². The monoisotopic (exact) mass is 356 g/mol. The molecule has 0 radical (unpaired) electrons. The second kappa shape index (κ2) is 6.18. The lowest BCUT2D eigenvalue weighted by Gasteiger charge is -2.10. The normalized spacial score (nSPS) is 10.4. The van der Waals surface area contributed by atoms with Gasteiger partial charge in [0.2, 0.25) is 0 Å². The highest BCUT2D eigenvalue weighted by molar-refractivity contribution is 14.1. The van der Waals surface area contributed by atoms with Crippen molar-refractivity contribution in [3.8, 4) is 16.9 Å². The summed E-state index contributed by atoms with van der Waals surface area (Å²) in [7, 11) is 1.66. The molecule has 0 N–H and O–H groups in total. The van der Waals surface area contributed by atoms with E-state index in [1.807, 2.05) is 6.07 Å². The number of halogens is 2. The highest BCUT2D eigenvalue weighted by Gasteiger charge is 2.07. The zero-order valence-corrected chi connectivity index (χ0v) is 12.3. The average Bonchev–Trinajstić information content (AvgIpc) is 2.40. The first kappa shape index (κ1) is 13.3. The molecule has 0 heterocycles. The summed E-state index contributed by atoms with van der Waals surface area (Å²) in [5.74, 6) is 0.614. The molecule has 2 rings (SSSR count). The smallest absolute Gasteiger partial charge is 0.126 e. The summed E-state index contributed by atoms with van der Waals surface area (Å²) < 4.78 is 19.4. The van der Waals surface area contributed by atoms with Gasteiger partial charge in [-0.05, 0) is 35.7 Å². The number of ether oxygens (including phenoxy) is 1. The Balaban J connectivity index is 2.40. The van der Waals surface area contributed by atoms with E-state index < -0.39 is 0 Å². The minimum atomic E-state index is -0.223. The lowest BCUT2D eigenvalue weighted by Crippen LogP contribution is -1.92. The van der Waals surface area contributed by atoms with Crippen molar-refractivity contribution in [3.05, 3.63) is 53.8 Å². The number of rotatable bonds is 4. The molecule has 0 amide bonds. The van der Waals surface area contributed by atoms with Crippen molar-refractivity contribution in [2.75, 3.05) is 11.5 Å². The van der Waals surface area contributed by atoms with E-state index in [9.17, 15) is 4.39 Å². The average molecular weight is 356 g/mol. The van der Waals surface area contributed by atoms with E-state index in [0.29, 0.717) is 0 Å². The molecule has 18 heavy (non-hydrogen) atoms. The van der Waals surface area contributed by atoms with Crippen LogP contribution in [-0.4, -0.2) is 11.5 Å². The lowest BCUT2D eigenvalue weighted by atomic mass is 10.0. The van der Waals surface area contributed by atoms with Crippen molar-refractivity contribution in [2.45, 2.75) is 6.42 Å². The predicted molar refractivity (Wildman–Crippen MR) is 81.0 cm³/mol. The van der Waals surface area contributed by atoms with Gasteiger partial charge in [-0.3, -0.25) is 0 Å². The highest BCUT2D eigenvalue weighted by atomic mass is 127. The number of hydrogen-bond acceptors (Lipinski definition) is 1. The van der Waals surface area contributed by atoms with Crippen LogP contribution in [0.1, 0.15) is 5.56 Å². The molecule has 0 aliphatic heterocycles. The van der Waals surface area contributed by atoms with E-state index in [4.69, 9.17) is 4.74 Å². The van der Waals surface area contributed by atoms with Crippen LogP contribution in [0.3, 0.4) is 0 Å². The van der Waals surface area contributed by atoms with Crippen LogP contribution in [0.5, 0.6) is 5.75 Å². The Kier molecular flexibility index (Phi) is 4.58. The second-order valence-corrected chi connectivity index (χ2v) is 5.06. The standard InChI is InChI=1S/C15H14FIO/c1-18-15-10-11(8-9-17)2-7-14(15)12-3-5-13(16)6-4-12/h2-7,10H,8-9H2,1H3. The maximum absolute atomic E-state index is 12.9. The van der Waals surface area contributed by atoms with Gasteiger partial charge in [-0.15, -0.1) is 0 Å². The highest BCUT2D eigenvalue weighted by Crippen LogP contribution is 2.31. The van der Waals surface area contributed by atoms with Crippen molar-refractivity contribution in [2.24, 2.45) is 0 Å². The third-order valence-electron chi connectivity index (χ3n) is 2.80. The first-order chi connectivity index (χ1) is 8.74.